The number of carbonyl (C=O) groups is 1. The maximum atomic E-state index is 13.2. The van der Waals surface area contributed by atoms with E-state index in [0.717, 1.165) is 6.07 Å². The lowest BCUT2D eigenvalue weighted by Gasteiger charge is -2.01. The van der Waals surface area contributed by atoms with Gasteiger partial charge in [0.25, 0.3) is 0 Å². The number of hydrogen-bond acceptors (Lipinski definition) is 2. The number of benzene rings is 1. The number of nitrogens with one attached hydrogen (secondary N) is 1. The lowest BCUT2D eigenvalue weighted by atomic mass is 10.1. The molecule has 3 nitrogen and oxygen atoms in total. The second kappa shape index (κ2) is 5.98. The van der Waals surface area contributed by atoms with Crippen molar-refractivity contribution in [2.75, 3.05) is 6.54 Å². The summed E-state index contributed by atoms with van der Waals surface area (Å²) in [6, 6.07) is 2.37. The van der Waals surface area contributed by atoms with Crippen molar-refractivity contribution in [1.82, 2.24) is 5.32 Å². The molecule has 2 N–H and O–H groups in total. The first kappa shape index (κ1) is 13.2. The molecule has 1 aromatic carbocycles. The third-order valence-electron chi connectivity index (χ3n) is 2.07. The highest BCUT2D eigenvalue weighted by atomic mass is 19.2. The van der Waals surface area contributed by atoms with E-state index in [1.54, 1.807) is 6.08 Å². The Morgan fingerprint density at radius 3 is 2.76 bits per heavy atom. The number of amides is 1. The standard InChI is InChI=1S/C12H13F2NO2/c1-8(16)15-7-3-2-4-9-5-6-10(17)12(14)11(9)13/h2,4-6,17H,3,7H2,1H3,(H,15,16). The molecule has 0 radical (unpaired) electrons. The summed E-state index contributed by atoms with van der Waals surface area (Å²) in [5.41, 5.74) is 0.0584. The minimum Gasteiger partial charge on any atom is -0.505 e. The fourth-order valence-electron chi connectivity index (χ4n) is 1.22. The molecule has 0 heterocycles. The van der Waals surface area contributed by atoms with E-state index in [-0.39, 0.29) is 11.5 Å². The number of hydrogen-bond donors (Lipinski definition) is 2. The molecule has 0 fully saturated rings. The number of halogens is 2. The van der Waals surface area contributed by atoms with Crippen molar-refractivity contribution < 1.29 is 18.7 Å². The summed E-state index contributed by atoms with van der Waals surface area (Å²) >= 11 is 0. The van der Waals surface area contributed by atoms with Crippen LogP contribution in [0.2, 0.25) is 0 Å². The lowest BCUT2D eigenvalue weighted by Crippen LogP contribution is -2.20. The quantitative estimate of drug-likeness (QED) is 0.794. The number of phenols is 1. The van der Waals surface area contributed by atoms with Crippen LogP contribution in [0.4, 0.5) is 8.78 Å². The van der Waals surface area contributed by atoms with Crippen LogP contribution in [-0.4, -0.2) is 17.6 Å². The Kier molecular flexibility index (Phi) is 4.63. The van der Waals surface area contributed by atoms with E-state index in [4.69, 9.17) is 5.11 Å². The number of rotatable bonds is 4. The molecule has 0 aromatic heterocycles. The van der Waals surface area contributed by atoms with Crippen molar-refractivity contribution in [3.8, 4) is 5.75 Å². The van der Waals surface area contributed by atoms with Crippen LogP contribution >= 0.6 is 0 Å². The summed E-state index contributed by atoms with van der Waals surface area (Å²) in [5, 5.41) is 11.5. The molecule has 0 saturated heterocycles. The second-order valence-electron chi connectivity index (χ2n) is 3.48. The zero-order valence-corrected chi connectivity index (χ0v) is 9.34. The normalized spacial score (nSPS) is 10.8. The zero-order valence-electron chi connectivity index (χ0n) is 9.34. The molecule has 0 atom stereocenters. The van der Waals surface area contributed by atoms with E-state index < -0.39 is 17.4 Å². The van der Waals surface area contributed by atoms with Crippen LogP contribution in [0.15, 0.2) is 18.2 Å². The summed E-state index contributed by atoms with van der Waals surface area (Å²) in [4.78, 5) is 10.5. The van der Waals surface area contributed by atoms with Crippen LogP contribution in [0.3, 0.4) is 0 Å². The molecule has 1 amide bonds. The maximum absolute atomic E-state index is 13.2. The van der Waals surface area contributed by atoms with E-state index >= 15 is 0 Å². The number of phenolic OH excluding ortho intramolecular Hbond substituents is 1. The third kappa shape index (κ3) is 3.86. The molecule has 0 saturated carbocycles. The molecule has 1 aromatic rings. The van der Waals surface area contributed by atoms with Gasteiger partial charge in [-0.1, -0.05) is 12.2 Å². The van der Waals surface area contributed by atoms with Crippen molar-refractivity contribution >= 4 is 12.0 Å². The van der Waals surface area contributed by atoms with E-state index in [1.165, 1.54) is 19.1 Å². The van der Waals surface area contributed by atoms with Gasteiger partial charge in [0.1, 0.15) is 0 Å². The molecule has 5 heteroatoms. The predicted octanol–water partition coefficient (Wildman–Crippen LogP) is 2.21. The third-order valence-corrected chi connectivity index (χ3v) is 2.07. The van der Waals surface area contributed by atoms with Gasteiger partial charge in [-0.25, -0.2) is 4.39 Å². The van der Waals surface area contributed by atoms with Crippen molar-refractivity contribution in [3.63, 3.8) is 0 Å². The van der Waals surface area contributed by atoms with E-state index in [2.05, 4.69) is 5.32 Å². The minimum absolute atomic E-state index is 0.0584. The molecular weight excluding hydrogens is 228 g/mol. The molecule has 0 unspecified atom stereocenters. The van der Waals surface area contributed by atoms with Gasteiger partial charge in [-0.3, -0.25) is 4.79 Å². The highest BCUT2D eigenvalue weighted by Gasteiger charge is 2.10. The molecule has 0 aliphatic rings. The summed E-state index contributed by atoms with van der Waals surface area (Å²) in [5.74, 6) is -3.19. The highest BCUT2D eigenvalue weighted by Crippen LogP contribution is 2.21. The van der Waals surface area contributed by atoms with E-state index in [9.17, 15) is 13.6 Å². The van der Waals surface area contributed by atoms with Crippen molar-refractivity contribution in [1.29, 1.82) is 0 Å². The fourth-order valence-corrected chi connectivity index (χ4v) is 1.22. The zero-order chi connectivity index (χ0) is 12.8. The Balaban J connectivity index is 2.60. The molecule has 1 rings (SSSR count). The Morgan fingerprint density at radius 1 is 1.41 bits per heavy atom. The summed E-state index contributed by atoms with van der Waals surface area (Å²) < 4.78 is 26.2. The Hall–Kier alpha value is -1.91. The van der Waals surface area contributed by atoms with Crippen LogP contribution < -0.4 is 5.32 Å². The van der Waals surface area contributed by atoms with Gasteiger partial charge < -0.3 is 10.4 Å². The minimum atomic E-state index is -1.26. The molecule has 17 heavy (non-hydrogen) atoms. The molecule has 92 valence electrons. The smallest absolute Gasteiger partial charge is 0.216 e. The molecule has 0 aliphatic carbocycles. The monoisotopic (exact) mass is 241 g/mol. The van der Waals surface area contributed by atoms with Crippen LogP contribution in [0.1, 0.15) is 18.9 Å². The van der Waals surface area contributed by atoms with E-state index in [0.29, 0.717) is 13.0 Å². The van der Waals surface area contributed by atoms with Crippen LogP contribution in [0.25, 0.3) is 6.08 Å². The van der Waals surface area contributed by atoms with Crippen molar-refractivity contribution in [2.24, 2.45) is 0 Å². The van der Waals surface area contributed by atoms with Crippen LogP contribution in [0, 0.1) is 11.6 Å². The molecule has 0 bridgehead atoms. The first-order valence-corrected chi connectivity index (χ1v) is 5.10. The van der Waals surface area contributed by atoms with Crippen LogP contribution in [-0.2, 0) is 4.79 Å². The second-order valence-corrected chi connectivity index (χ2v) is 3.48. The van der Waals surface area contributed by atoms with E-state index in [1.807, 2.05) is 0 Å². The van der Waals surface area contributed by atoms with Crippen molar-refractivity contribution in [2.45, 2.75) is 13.3 Å². The SMILES string of the molecule is CC(=O)NCCC=Cc1ccc(O)c(F)c1F. The first-order chi connectivity index (χ1) is 8.02. The van der Waals surface area contributed by atoms with Crippen molar-refractivity contribution in [3.05, 3.63) is 35.4 Å². The Labute approximate surface area is 97.8 Å². The topological polar surface area (TPSA) is 49.3 Å². The van der Waals surface area contributed by atoms with Crippen LogP contribution in [0.5, 0.6) is 5.75 Å². The van der Waals surface area contributed by atoms with Gasteiger partial charge in [-0.05, 0) is 18.6 Å². The van der Waals surface area contributed by atoms with Gasteiger partial charge in [0, 0.05) is 19.0 Å². The summed E-state index contributed by atoms with van der Waals surface area (Å²) in [6.45, 7) is 1.84. The maximum Gasteiger partial charge on any atom is 0.216 e. The fraction of sp³-hybridized carbons (Fsp3) is 0.250. The Morgan fingerprint density at radius 2 is 2.12 bits per heavy atom. The first-order valence-electron chi connectivity index (χ1n) is 5.10. The molecule has 0 aliphatic heterocycles. The average Bonchev–Trinajstić information content (AvgIpc) is 2.28. The average molecular weight is 241 g/mol. The van der Waals surface area contributed by atoms with Gasteiger partial charge in [0.15, 0.2) is 11.6 Å². The Bertz CT molecular complexity index is 444. The van der Waals surface area contributed by atoms with Gasteiger partial charge in [0.2, 0.25) is 11.7 Å². The molecular formula is C12H13F2NO2. The van der Waals surface area contributed by atoms with Gasteiger partial charge in [0.05, 0.1) is 0 Å². The lowest BCUT2D eigenvalue weighted by molar-refractivity contribution is -0.118. The summed E-state index contributed by atoms with van der Waals surface area (Å²) in [7, 11) is 0. The number of aromatic hydroxyl groups is 1. The van der Waals surface area contributed by atoms with Gasteiger partial charge in [-0.15, -0.1) is 0 Å². The predicted molar refractivity (Wildman–Crippen MR) is 60.4 cm³/mol. The largest absolute Gasteiger partial charge is 0.505 e. The number of carbonyl (C=O) groups excluding carboxylic acids is 1. The highest BCUT2D eigenvalue weighted by molar-refractivity contribution is 5.72. The molecule has 0 spiro atoms. The van der Waals surface area contributed by atoms with Gasteiger partial charge >= 0.3 is 0 Å². The van der Waals surface area contributed by atoms with Gasteiger partial charge in [-0.2, -0.15) is 4.39 Å². The summed E-state index contributed by atoms with van der Waals surface area (Å²) in [6.07, 6.45) is 3.53.